The Bertz CT molecular complexity index is 874. The van der Waals surface area contributed by atoms with Gasteiger partial charge < -0.3 is 34.3 Å². The van der Waals surface area contributed by atoms with Gasteiger partial charge in [0.1, 0.15) is 24.4 Å². The van der Waals surface area contributed by atoms with E-state index in [4.69, 9.17) is 18.9 Å². The molecule has 3 aliphatic heterocycles. The molecule has 3 fully saturated rings. The first-order valence-electron chi connectivity index (χ1n) is 12.0. The van der Waals surface area contributed by atoms with Gasteiger partial charge in [-0.15, -0.1) is 0 Å². The van der Waals surface area contributed by atoms with E-state index in [0.29, 0.717) is 23.1 Å². The molecule has 0 spiro atoms. The standard InChI is InChI=1S/C25H35NO8/c1-15-22(28)23(29)24(30)25(32-15)34-19-10-8-16(14-20(19)31-2)9-11-21(27)33-18-7-5-13-26-12-4-3-6-17(18)26/h8-11,14-15,17-18,22-25,28-30H,3-7,12-13H2,1-2H3/b11-9+/t15-,17+,18-,22-,23+,24+,25-/m0/s1. The lowest BCUT2D eigenvalue weighted by Crippen LogP contribution is -2.58. The zero-order valence-corrected chi connectivity index (χ0v) is 19.7. The maximum absolute atomic E-state index is 12.5. The van der Waals surface area contributed by atoms with E-state index in [2.05, 4.69) is 4.90 Å². The molecular formula is C25H35NO8. The molecule has 0 saturated carbocycles. The lowest BCUT2D eigenvalue weighted by Gasteiger charge is -2.43. The number of hydrogen-bond donors (Lipinski definition) is 3. The number of methoxy groups -OCH3 is 1. The van der Waals surface area contributed by atoms with Crippen molar-refractivity contribution in [3.05, 3.63) is 29.8 Å². The molecule has 3 saturated heterocycles. The zero-order valence-electron chi connectivity index (χ0n) is 19.7. The lowest BCUT2D eigenvalue weighted by molar-refractivity contribution is -0.268. The number of nitrogens with zero attached hydrogens (tertiary/aromatic N) is 1. The molecule has 1 aromatic rings. The molecule has 0 amide bonds. The summed E-state index contributed by atoms with van der Waals surface area (Å²) in [5.74, 6) is 0.295. The Labute approximate surface area is 199 Å². The number of aliphatic hydroxyl groups is 3. The van der Waals surface area contributed by atoms with Gasteiger partial charge in [-0.05, 0) is 69.5 Å². The normalized spacial score (nSPS) is 34.4. The van der Waals surface area contributed by atoms with E-state index in [1.54, 1.807) is 31.2 Å². The fraction of sp³-hybridized carbons (Fsp3) is 0.640. The summed E-state index contributed by atoms with van der Waals surface area (Å²) in [6.45, 7) is 3.76. The smallest absolute Gasteiger partial charge is 0.331 e. The number of hydrogen-bond acceptors (Lipinski definition) is 9. The molecule has 9 heteroatoms. The van der Waals surface area contributed by atoms with Crippen molar-refractivity contribution in [1.82, 2.24) is 4.90 Å². The molecule has 3 heterocycles. The molecule has 0 aliphatic carbocycles. The molecule has 4 rings (SSSR count). The molecule has 0 unspecified atom stereocenters. The van der Waals surface area contributed by atoms with Gasteiger partial charge in [0, 0.05) is 12.1 Å². The fourth-order valence-corrected chi connectivity index (χ4v) is 5.01. The van der Waals surface area contributed by atoms with Gasteiger partial charge in [-0.25, -0.2) is 4.79 Å². The molecule has 7 atom stereocenters. The fourth-order valence-electron chi connectivity index (χ4n) is 5.01. The Kier molecular flexibility index (Phi) is 8.10. The number of ether oxygens (including phenoxy) is 4. The van der Waals surface area contributed by atoms with Crippen molar-refractivity contribution in [2.75, 3.05) is 20.2 Å². The maximum atomic E-state index is 12.5. The van der Waals surface area contributed by atoms with Crippen LogP contribution in [0.2, 0.25) is 0 Å². The molecular weight excluding hydrogens is 442 g/mol. The largest absolute Gasteiger partial charge is 0.493 e. The molecule has 0 radical (unpaired) electrons. The second-order valence-electron chi connectivity index (χ2n) is 9.26. The summed E-state index contributed by atoms with van der Waals surface area (Å²) >= 11 is 0. The first-order valence-corrected chi connectivity index (χ1v) is 12.0. The van der Waals surface area contributed by atoms with Gasteiger partial charge in [0.05, 0.1) is 13.2 Å². The van der Waals surface area contributed by atoms with E-state index < -0.39 is 30.7 Å². The van der Waals surface area contributed by atoms with E-state index in [1.807, 2.05) is 0 Å². The highest BCUT2D eigenvalue weighted by Gasteiger charge is 2.43. The van der Waals surface area contributed by atoms with E-state index in [9.17, 15) is 20.1 Å². The molecule has 9 nitrogen and oxygen atoms in total. The van der Waals surface area contributed by atoms with Crippen molar-refractivity contribution >= 4 is 12.0 Å². The summed E-state index contributed by atoms with van der Waals surface area (Å²) in [7, 11) is 1.47. The van der Waals surface area contributed by atoms with Gasteiger partial charge >= 0.3 is 5.97 Å². The Morgan fingerprint density at radius 2 is 1.85 bits per heavy atom. The number of piperidine rings is 2. The van der Waals surface area contributed by atoms with Crippen LogP contribution >= 0.6 is 0 Å². The molecule has 1 aromatic carbocycles. The van der Waals surface area contributed by atoms with Crippen LogP contribution in [-0.4, -0.2) is 89.2 Å². The molecule has 3 N–H and O–H groups in total. The molecule has 0 bridgehead atoms. The first kappa shape index (κ1) is 24.9. The van der Waals surface area contributed by atoms with Crippen molar-refractivity contribution < 1.29 is 39.1 Å². The minimum Gasteiger partial charge on any atom is -0.493 e. The second kappa shape index (κ2) is 11.0. The molecule has 0 aromatic heterocycles. The minimum absolute atomic E-state index is 0.0605. The van der Waals surface area contributed by atoms with Crippen molar-refractivity contribution in [3.8, 4) is 11.5 Å². The third-order valence-electron chi connectivity index (χ3n) is 6.95. The number of esters is 1. The third-order valence-corrected chi connectivity index (χ3v) is 6.95. The van der Waals surface area contributed by atoms with Gasteiger partial charge in [0.15, 0.2) is 11.5 Å². The Morgan fingerprint density at radius 1 is 1.06 bits per heavy atom. The monoisotopic (exact) mass is 477 g/mol. The average Bonchev–Trinajstić information content (AvgIpc) is 2.85. The van der Waals surface area contributed by atoms with Crippen molar-refractivity contribution in [2.45, 2.75) is 81.9 Å². The Hall–Kier alpha value is -2.17. The Morgan fingerprint density at radius 3 is 2.65 bits per heavy atom. The lowest BCUT2D eigenvalue weighted by atomic mass is 9.90. The quantitative estimate of drug-likeness (QED) is 0.414. The van der Waals surface area contributed by atoms with Crippen LogP contribution in [0.3, 0.4) is 0 Å². The van der Waals surface area contributed by atoms with Gasteiger partial charge in [-0.2, -0.15) is 0 Å². The van der Waals surface area contributed by atoms with Crippen LogP contribution in [0.4, 0.5) is 0 Å². The van der Waals surface area contributed by atoms with Gasteiger partial charge in [0.2, 0.25) is 6.29 Å². The zero-order chi connectivity index (χ0) is 24.2. The van der Waals surface area contributed by atoms with Crippen molar-refractivity contribution in [2.24, 2.45) is 0 Å². The number of carbonyl (C=O) groups excluding carboxylic acids is 1. The van der Waals surface area contributed by atoms with Crippen LogP contribution in [0.25, 0.3) is 6.08 Å². The summed E-state index contributed by atoms with van der Waals surface area (Å²) in [6, 6.07) is 5.38. The first-order chi connectivity index (χ1) is 16.4. The summed E-state index contributed by atoms with van der Waals surface area (Å²) in [6.07, 6.45) is 2.53. The summed E-state index contributed by atoms with van der Waals surface area (Å²) < 4.78 is 22.4. The van der Waals surface area contributed by atoms with E-state index in [-0.39, 0.29) is 12.1 Å². The highest BCUT2D eigenvalue weighted by Crippen LogP contribution is 2.32. The van der Waals surface area contributed by atoms with E-state index >= 15 is 0 Å². The molecule has 188 valence electrons. The van der Waals surface area contributed by atoms with Gasteiger partial charge in [-0.3, -0.25) is 4.90 Å². The highest BCUT2D eigenvalue weighted by molar-refractivity contribution is 5.87. The number of aliphatic hydroxyl groups excluding tert-OH is 3. The summed E-state index contributed by atoms with van der Waals surface area (Å²) in [5, 5.41) is 30.0. The van der Waals surface area contributed by atoms with Crippen LogP contribution in [0.15, 0.2) is 24.3 Å². The summed E-state index contributed by atoms with van der Waals surface area (Å²) in [5.41, 5.74) is 0.707. The molecule has 34 heavy (non-hydrogen) atoms. The topological polar surface area (TPSA) is 118 Å². The van der Waals surface area contributed by atoms with Crippen molar-refractivity contribution in [3.63, 3.8) is 0 Å². The van der Waals surface area contributed by atoms with E-state index in [1.165, 1.54) is 26.0 Å². The van der Waals surface area contributed by atoms with Crippen LogP contribution in [0.5, 0.6) is 11.5 Å². The number of carbonyl (C=O) groups is 1. The third kappa shape index (κ3) is 5.55. The van der Waals surface area contributed by atoms with Crippen LogP contribution in [0, 0.1) is 0 Å². The SMILES string of the molecule is COc1cc(/C=C/C(=O)O[C@H]2CCCN3CCCC[C@H]23)ccc1O[C@@H]1O[C@@H](C)[C@H](O)[C@@H](O)[C@H]1O. The molecule has 3 aliphatic rings. The van der Waals surface area contributed by atoms with Gasteiger partial charge in [0.25, 0.3) is 0 Å². The predicted molar refractivity (Wildman–Crippen MR) is 123 cm³/mol. The highest BCUT2D eigenvalue weighted by atomic mass is 16.7. The number of benzene rings is 1. The Balaban J connectivity index is 1.38. The second-order valence-corrected chi connectivity index (χ2v) is 9.26. The number of rotatable bonds is 6. The van der Waals surface area contributed by atoms with Crippen molar-refractivity contribution in [1.29, 1.82) is 0 Å². The van der Waals surface area contributed by atoms with Gasteiger partial charge in [-0.1, -0.05) is 12.5 Å². The van der Waals surface area contributed by atoms with E-state index in [0.717, 1.165) is 32.4 Å². The van der Waals surface area contributed by atoms with Crippen LogP contribution in [0.1, 0.15) is 44.6 Å². The van der Waals surface area contributed by atoms with Crippen LogP contribution < -0.4 is 9.47 Å². The predicted octanol–water partition coefficient (Wildman–Crippen LogP) is 1.47. The average molecular weight is 478 g/mol. The number of fused-ring (bicyclic) bond motifs is 1. The minimum atomic E-state index is -1.43. The summed E-state index contributed by atoms with van der Waals surface area (Å²) in [4.78, 5) is 14.9. The maximum Gasteiger partial charge on any atom is 0.331 e. The van der Waals surface area contributed by atoms with Crippen LogP contribution in [-0.2, 0) is 14.3 Å².